The standard InChI is InChI=1S/C11H10ClFN4O/c12-7-4-15-17(5-7)6-11(18)16-10-3-8(13)1-2-9(10)14/h1-5H,6,14H2,(H,16,18). The Morgan fingerprint density at radius 3 is 3.00 bits per heavy atom. The molecule has 94 valence electrons. The van der Waals surface area contributed by atoms with Crippen LogP contribution < -0.4 is 11.1 Å². The van der Waals surface area contributed by atoms with Gasteiger partial charge in [-0.15, -0.1) is 0 Å². The summed E-state index contributed by atoms with van der Waals surface area (Å²) in [7, 11) is 0. The second-order valence-corrected chi connectivity index (χ2v) is 4.07. The molecule has 5 nitrogen and oxygen atoms in total. The lowest BCUT2D eigenvalue weighted by Crippen LogP contribution is -2.19. The van der Waals surface area contributed by atoms with Gasteiger partial charge >= 0.3 is 0 Å². The molecule has 0 saturated carbocycles. The van der Waals surface area contributed by atoms with E-state index in [0.29, 0.717) is 10.7 Å². The SMILES string of the molecule is Nc1ccc(F)cc1NC(=O)Cn1cc(Cl)cn1. The summed E-state index contributed by atoms with van der Waals surface area (Å²) in [6.07, 6.45) is 2.93. The Hall–Kier alpha value is -2.08. The van der Waals surface area contributed by atoms with Crippen molar-refractivity contribution >= 4 is 28.9 Å². The number of carbonyl (C=O) groups excluding carboxylic acids is 1. The summed E-state index contributed by atoms with van der Waals surface area (Å²) >= 11 is 5.67. The summed E-state index contributed by atoms with van der Waals surface area (Å²) in [6, 6.07) is 3.76. The number of anilines is 2. The third-order valence-electron chi connectivity index (χ3n) is 2.20. The Morgan fingerprint density at radius 2 is 2.33 bits per heavy atom. The second-order valence-electron chi connectivity index (χ2n) is 3.64. The zero-order chi connectivity index (χ0) is 13.1. The van der Waals surface area contributed by atoms with E-state index in [-0.39, 0.29) is 18.1 Å². The summed E-state index contributed by atoms with van der Waals surface area (Å²) in [6.45, 7) is -0.0251. The van der Waals surface area contributed by atoms with Crippen LogP contribution in [0.2, 0.25) is 5.02 Å². The lowest BCUT2D eigenvalue weighted by atomic mass is 10.2. The minimum absolute atomic E-state index is 0.0251. The van der Waals surface area contributed by atoms with Gasteiger partial charge in [-0.25, -0.2) is 4.39 Å². The molecule has 7 heteroatoms. The number of aromatic nitrogens is 2. The zero-order valence-electron chi connectivity index (χ0n) is 9.23. The number of nitrogens with one attached hydrogen (secondary N) is 1. The van der Waals surface area contributed by atoms with Crippen LogP contribution in [0.3, 0.4) is 0 Å². The van der Waals surface area contributed by atoms with Gasteiger partial charge in [-0.1, -0.05) is 11.6 Å². The molecule has 0 bridgehead atoms. The predicted octanol–water partition coefficient (Wildman–Crippen LogP) is 1.90. The molecule has 1 aromatic carbocycles. The second kappa shape index (κ2) is 5.05. The molecule has 0 unspecified atom stereocenters. The van der Waals surface area contributed by atoms with Crippen molar-refractivity contribution in [2.24, 2.45) is 0 Å². The van der Waals surface area contributed by atoms with Crippen molar-refractivity contribution in [1.82, 2.24) is 9.78 Å². The van der Waals surface area contributed by atoms with Gasteiger partial charge in [0, 0.05) is 6.20 Å². The molecule has 1 heterocycles. The van der Waals surface area contributed by atoms with Crippen molar-refractivity contribution in [3.63, 3.8) is 0 Å². The highest BCUT2D eigenvalue weighted by molar-refractivity contribution is 6.30. The monoisotopic (exact) mass is 268 g/mol. The van der Waals surface area contributed by atoms with Crippen molar-refractivity contribution in [2.45, 2.75) is 6.54 Å². The van der Waals surface area contributed by atoms with Gasteiger partial charge in [0.2, 0.25) is 5.91 Å². The maximum Gasteiger partial charge on any atom is 0.246 e. The van der Waals surface area contributed by atoms with Crippen LogP contribution in [0, 0.1) is 5.82 Å². The molecule has 0 fully saturated rings. The molecule has 2 aromatic rings. The van der Waals surface area contributed by atoms with Crippen LogP contribution in [0.4, 0.5) is 15.8 Å². The van der Waals surface area contributed by atoms with Gasteiger partial charge in [0.05, 0.1) is 22.6 Å². The van der Waals surface area contributed by atoms with Gasteiger partial charge in [0.15, 0.2) is 0 Å². The number of carbonyl (C=O) groups is 1. The first kappa shape index (κ1) is 12.4. The number of benzene rings is 1. The van der Waals surface area contributed by atoms with Gasteiger partial charge in [0.25, 0.3) is 0 Å². The number of hydrogen-bond acceptors (Lipinski definition) is 3. The van der Waals surface area contributed by atoms with E-state index in [1.165, 1.54) is 29.2 Å². The Morgan fingerprint density at radius 1 is 1.56 bits per heavy atom. The molecule has 0 atom stereocenters. The first-order valence-corrected chi connectivity index (χ1v) is 5.45. The Labute approximate surface area is 107 Å². The van der Waals surface area contributed by atoms with Crippen molar-refractivity contribution in [2.75, 3.05) is 11.1 Å². The van der Waals surface area contributed by atoms with Crippen LogP contribution in [-0.4, -0.2) is 15.7 Å². The molecule has 0 aliphatic carbocycles. The highest BCUT2D eigenvalue weighted by Crippen LogP contribution is 2.19. The van der Waals surface area contributed by atoms with E-state index < -0.39 is 5.82 Å². The molecule has 3 N–H and O–H groups in total. The Kier molecular flexibility index (Phi) is 3.47. The van der Waals surface area contributed by atoms with Crippen molar-refractivity contribution in [3.8, 4) is 0 Å². The molecule has 18 heavy (non-hydrogen) atoms. The fourth-order valence-electron chi connectivity index (χ4n) is 1.40. The average Bonchev–Trinajstić information content (AvgIpc) is 2.69. The van der Waals surface area contributed by atoms with E-state index in [4.69, 9.17) is 17.3 Å². The van der Waals surface area contributed by atoms with Crippen LogP contribution in [0.5, 0.6) is 0 Å². The summed E-state index contributed by atoms with van der Waals surface area (Å²) in [5.74, 6) is -0.839. The molecule has 0 saturated heterocycles. The molecular formula is C11H10ClFN4O. The predicted molar refractivity (Wildman–Crippen MR) is 66.7 cm³/mol. The van der Waals surface area contributed by atoms with Crippen LogP contribution in [-0.2, 0) is 11.3 Å². The minimum atomic E-state index is -0.471. The number of hydrogen-bond donors (Lipinski definition) is 2. The van der Waals surface area contributed by atoms with Crippen LogP contribution in [0.15, 0.2) is 30.6 Å². The maximum atomic E-state index is 13.0. The van der Waals surface area contributed by atoms with Crippen LogP contribution in [0.1, 0.15) is 0 Å². The summed E-state index contributed by atoms with van der Waals surface area (Å²) in [4.78, 5) is 11.7. The van der Waals surface area contributed by atoms with Crippen LogP contribution >= 0.6 is 11.6 Å². The molecule has 0 spiro atoms. The first-order chi connectivity index (χ1) is 8.54. The van der Waals surface area contributed by atoms with E-state index in [1.54, 1.807) is 0 Å². The fourth-order valence-corrected chi connectivity index (χ4v) is 1.55. The fraction of sp³-hybridized carbons (Fsp3) is 0.0909. The van der Waals surface area contributed by atoms with Crippen molar-refractivity contribution < 1.29 is 9.18 Å². The number of nitrogen functional groups attached to an aromatic ring is 1. The summed E-state index contributed by atoms with van der Waals surface area (Å²) in [5, 5.41) is 6.79. The smallest absolute Gasteiger partial charge is 0.246 e. The van der Waals surface area contributed by atoms with Gasteiger partial charge in [-0.3, -0.25) is 9.48 Å². The van der Waals surface area contributed by atoms with Crippen LogP contribution in [0.25, 0.3) is 0 Å². The first-order valence-electron chi connectivity index (χ1n) is 5.07. The van der Waals surface area contributed by atoms with Gasteiger partial charge in [-0.2, -0.15) is 5.10 Å². The number of nitrogens with two attached hydrogens (primary N) is 1. The maximum absolute atomic E-state index is 13.0. The number of nitrogens with zero attached hydrogens (tertiary/aromatic N) is 2. The molecule has 0 aliphatic heterocycles. The van der Waals surface area contributed by atoms with E-state index in [9.17, 15) is 9.18 Å². The summed E-state index contributed by atoms with van der Waals surface area (Å²) in [5.41, 5.74) is 6.14. The van der Waals surface area contributed by atoms with Gasteiger partial charge in [-0.05, 0) is 18.2 Å². The zero-order valence-corrected chi connectivity index (χ0v) is 9.99. The van der Waals surface area contributed by atoms with E-state index in [1.807, 2.05) is 0 Å². The third-order valence-corrected chi connectivity index (χ3v) is 2.39. The Bertz CT molecular complexity index is 584. The van der Waals surface area contributed by atoms with Gasteiger partial charge < -0.3 is 11.1 Å². The molecule has 2 rings (SSSR count). The molecule has 0 aliphatic rings. The lowest BCUT2D eigenvalue weighted by Gasteiger charge is -2.08. The van der Waals surface area contributed by atoms with E-state index in [0.717, 1.165) is 6.07 Å². The van der Waals surface area contributed by atoms with Gasteiger partial charge in [0.1, 0.15) is 12.4 Å². The molecule has 1 aromatic heterocycles. The number of amides is 1. The highest BCUT2D eigenvalue weighted by Gasteiger charge is 2.08. The Balaban J connectivity index is 2.05. The highest BCUT2D eigenvalue weighted by atomic mass is 35.5. The van der Waals surface area contributed by atoms with E-state index in [2.05, 4.69) is 10.4 Å². The molecule has 1 amide bonds. The largest absolute Gasteiger partial charge is 0.397 e. The average molecular weight is 269 g/mol. The van der Waals surface area contributed by atoms with E-state index >= 15 is 0 Å². The van der Waals surface area contributed by atoms with Crippen molar-refractivity contribution in [1.29, 1.82) is 0 Å². The van der Waals surface area contributed by atoms with Crippen molar-refractivity contribution in [3.05, 3.63) is 41.4 Å². The minimum Gasteiger partial charge on any atom is -0.397 e. The number of rotatable bonds is 3. The normalized spacial score (nSPS) is 10.3. The number of halogens is 2. The summed E-state index contributed by atoms with van der Waals surface area (Å²) < 4.78 is 14.4. The molecular weight excluding hydrogens is 259 g/mol. The third kappa shape index (κ3) is 2.98. The topological polar surface area (TPSA) is 72.9 Å². The quantitative estimate of drug-likeness (QED) is 0.835. The molecule has 0 radical (unpaired) electrons. The lowest BCUT2D eigenvalue weighted by molar-refractivity contribution is -0.116.